The Balaban J connectivity index is 0.992. The van der Waals surface area contributed by atoms with Gasteiger partial charge >= 0.3 is 0 Å². The normalized spacial score (nSPS) is 13.8. The molecule has 2 aliphatic carbocycles. The van der Waals surface area contributed by atoms with E-state index in [-0.39, 0.29) is 5.41 Å². The molecular formula is C68H48N2. The van der Waals surface area contributed by atoms with Gasteiger partial charge in [-0.25, -0.2) is 0 Å². The smallest absolute Gasteiger partial charge is 0.0714 e. The summed E-state index contributed by atoms with van der Waals surface area (Å²) in [7, 11) is 0. The van der Waals surface area contributed by atoms with Crippen molar-refractivity contribution in [2.75, 3.05) is 4.90 Å². The Morgan fingerprint density at radius 2 is 0.829 bits per heavy atom. The van der Waals surface area contributed by atoms with Crippen LogP contribution in [0.2, 0.25) is 0 Å². The second-order valence-electron chi connectivity index (χ2n) is 19.7. The van der Waals surface area contributed by atoms with E-state index in [4.69, 9.17) is 0 Å². The summed E-state index contributed by atoms with van der Waals surface area (Å²) in [5, 5.41) is 4.94. The van der Waals surface area contributed by atoms with Gasteiger partial charge in [0, 0.05) is 38.9 Å². The molecule has 2 aliphatic rings. The molecule has 0 fully saturated rings. The highest BCUT2D eigenvalue weighted by molar-refractivity contribution is 6.10. The number of benzene rings is 11. The van der Waals surface area contributed by atoms with Crippen LogP contribution in [0.5, 0.6) is 0 Å². The van der Waals surface area contributed by atoms with Gasteiger partial charge in [0.05, 0.1) is 16.4 Å². The first kappa shape index (κ1) is 40.4. The van der Waals surface area contributed by atoms with Crippen LogP contribution >= 0.6 is 0 Å². The van der Waals surface area contributed by atoms with E-state index in [0.29, 0.717) is 0 Å². The molecule has 11 aromatic carbocycles. The summed E-state index contributed by atoms with van der Waals surface area (Å²) in [6.45, 7) is 4.75. The van der Waals surface area contributed by atoms with Crippen LogP contribution in [-0.4, -0.2) is 4.57 Å². The van der Waals surface area contributed by atoms with E-state index < -0.39 is 5.41 Å². The van der Waals surface area contributed by atoms with Crippen LogP contribution in [0.3, 0.4) is 0 Å². The van der Waals surface area contributed by atoms with E-state index in [0.717, 1.165) is 22.7 Å². The maximum atomic E-state index is 2.50. The Hall–Kier alpha value is -8.72. The lowest BCUT2D eigenvalue weighted by molar-refractivity contribution is 0.660. The van der Waals surface area contributed by atoms with E-state index in [9.17, 15) is 0 Å². The molecule has 0 aliphatic heterocycles. The number of para-hydroxylation sites is 2. The SMILES string of the molecule is CC1(C)c2ccccc2-c2ccc(N(c3ccc4c(c3)C(c3ccccc3)(c3ccccc3)c3cc(-c5ccc6c(c5)c5ccccc5n6-c5ccccc5)ccc3-4)c3ccc4ccccc4c3)cc21. The van der Waals surface area contributed by atoms with Crippen LogP contribution in [-0.2, 0) is 10.8 Å². The number of aromatic nitrogens is 1. The number of anilines is 3. The lowest BCUT2D eigenvalue weighted by atomic mass is 9.67. The molecule has 330 valence electrons. The van der Waals surface area contributed by atoms with E-state index in [1.54, 1.807) is 0 Å². The number of rotatable bonds is 7. The van der Waals surface area contributed by atoms with E-state index in [1.165, 1.54) is 99.3 Å². The Morgan fingerprint density at radius 3 is 1.57 bits per heavy atom. The number of hydrogen-bond acceptors (Lipinski definition) is 1. The third-order valence-corrected chi connectivity index (χ3v) is 15.6. The van der Waals surface area contributed by atoms with Crippen LogP contribution < -0.4 is 4.90 Å². The lowest BCUT2D eigenvalue weighted by Crippen LogP contribution is -2.28. The van der Waals surface area contributed by atoms with Crippen LogP contribution in [0, 0.1) is 0 Å². The summed E-state index contributed by atoms with van der Waals surface area (Å²) in [4.78, 5) is 2.49. The fourth-order valence-corrected chi connectivity index (χ4v) is 12.4. The number of hydrogen-bond donors (Lipinski definition) is 0. The highest BCUT2D eigenvalue weighted by Gasteiger charge is 2.47. The molecule has 0 atom stereocenters. The van der Waals surface area contributed by atoms with Crippen LogP contribution in [0.15, 0.2) is 255 Å². The Morgan fingerprint density at radius 1 is 0.329 bits per heavy atom. The van der Waals surface area contributed by atoms with Crippen molar-refractivity contribution in [3.05, 3.63) is 288 Å². The van der Waals surface area contributed by atoms with Crippen molar-refractivity contribution in [2.24, 2.45) is 0 Å². The van der Waals surface area contributed by atoms with Crippen molar-refractivity contribution >= 4 is 49.6 Å². The average molecular weight is 893 g/mol. The predicted octanol–water partition coefficient (Wildman–Crippen LogP) is 17.7. The Bertz CT molecular complexity index is 3990. The zero-order valence-electron chi connectivity index (χ0n) is 39.1. The molecule has 14 rings (SSSR count). The summed E-state index contributed by atoms with van der Waals surface area (Å²) in [6.07, 6.45) is 0. The Kier molecular flexibility index (Phi) is 8.88. The molecule has 0 saturated carbocycles. The van der Waals surface area contributed by atoms with Gasteiger partial charge in [-0.05, 0) is 150 Å². The minimum Gasteiger partial charge on any atom is -0.310 e. The summed E-state index contributed by atoms with van der Waals surface area (Å²) in [5.74, 6) is 0. The van der Waals surface area contributed by atoms with Crippen LogP contribution in [0.25, 0.3) is 71.6 Å². The zero-order chi connectivity index (χ0) is 46.6. The van der Waals surface area contributed by atoms with Gasteiger partial charge in [-0.2, -0.15) is 0 Å². The van der Waals surface area contributed by atoms with Crippen molar-refractivity contribution in [1.82, 2.24) is 4.57 Å². The molecule has 2 nitrogen and oxygen atoms in total. The molecule has 12 aromatic rings. The molecule has 1 heterocycles. The topological polar surface area (TPSA) is 8.17 Å². The molecule has 2 heteroatoms. The van der Waals surface area contributed by atoms with Gasteiger partial charge in [0.25, 0.3) is 0 Å². The highest BCUT2D eigenvalue weighted by atomic mass is 15.1. The predicted molar refractivity (Wildman–Crippen MR) is 293 cm³/mol. The molecule has 0 amide bonds. The third-order valence-electron chi connectivity index (χ3n) is 15.6. The first-order chi connectivity index (χ1) is 34.5. The molecule has 0 bridgehead atoms. The van der Waals surface area contributed by atoms with Crippen LogP contribution in [0.4, 0.5) is 17.1 Å². The zero-order valence-corrected chi connectivity index (χ0v) is 39.1. The standard InChI is InChI=1S/C68H48N2/c1-67(2)61-28-16-14-26-55(61)56-37-34-53(43-62(56)67)69(52-33-30-45-18-12-13-19-46(45)40-52)54-35-38-58-57-36-31-48(42-63(57)68(64(58)44-54,49-20-6-3-7-21-49)50-22-8-4-9-23-50)47-32-39-66-60(41-47)59-27-15-17-29-65(59)70(66)51-24-10-5-11-25-51/h3-44H,1-2H3. The maximum absolute atomic E-state index is 2.50. The number of fused-ring (bicyclic) bond motifs is 10. The highest BCUT2D eigenvalue weighted by Crippen LogP contribution is 2.58. The fraction of sp³-hybridized carbons (Fsp3) is 0.0588. The summed E-state index contributed by atoms with van der Waals surface area (Å²) < 4.78 is 2.39. The second kappa shape index (κ2) is 15.4. The minimum absolute atomic E-state index is 0.145. The largest absolute Gasteiger partial charge is 0.310 e. The monoisotopic (exact) mass is 892 g/mol. The van der Waals surface area contributed by atoms with Crippen LogP contribution in [0.1, 0.15) is 47.2 Å². The first-order valence-corrected chi connectivity index (χ1v) is 24.5. The Labute approximate surface area is 409 Å². The van der Waals surface area contributed by atoms with Crippen molar-refractivity contribution < 1.29 is 0 Å². The van der Waals surface area contributed by atoms with Crippen molar-refractivity contribution in [1.29, 1.82) is 0 Å². The van der Waals surface area contributed by atoms with Gasteiger partial charge in [-0.1, -0.05) is 196 Å². The van der Waals surface area contributed by atoms with E-state index >= 15 is 0 Å². The van der Waals surface area contributed by atoms with Gasteiger partial charge in [0.1, 0.15) is 0 Å². The molecule has 0 saturated heterocycles. The quantitative estimate of drug-likeness (QED) is 0.155. The molecule has 0 N–H and O–H groups in total. The molecule has 1 aromatic heterocycles. The van der Waals surface area contributed by atoms with Crippen molar-refractivity contribution in [2.45, 2.75) is 24.7 Å². The first-order valence-electron chi connectivity index (χ1n) is 24.5. The van der Waals surface area contributed by atoms with Gasteiger partial charge in [0.2, 0.25) is 0 Å². The summed E-state index contributed by atoms with van der Waals surface area (Å²) in [5.41, 5.74) is 21.5. The van der Waals surface area contributed by atoms with E-state index in [2.05, 4.69) is 278 Å². The van der Waals surface area contributed by atoms with Gasteiger partial charge in [0.15, 0.2) is 0 Å². The summed E-state index contributed by atoms with van der Waals surface area (Å²) in [6, 6.07) is 95.1. The van der Waals surface area contributed by atoms with Gasteiger partial charge in [-0.15, -0.1) is 0 Å². The molecule has 0 radical (unpaired) electrons. The van der Waals surface area contributed by atoms with Crippen molar-refractivity contribution in [3.8, 4) is 39.1 Å². The van der Waals surface area contributed by atoms with E-state index in [1.807, 2.05) is 0 Å². The molecule has 0 spiro atoms. The lowest BCUT2D eigenvalue weighted by Gasteiger charge is -2.35. The maximum Gasteiger partial charge on any atom is 0.0714 e. The third kappa shape index (κ3) is 5.87. The van der Waals surface area contributed by atoms with Crippen molar-refractivity contribution in [3.63, 3.8) is 0 Å². The molecular weight excluding hydrogens is 845 g/mol. The molecule has 0 unspecified atom stereocenters. The fourth-order valence-electron chi connectivity index (χ4n) is 12.4. The number of nitrogens with zero attached hydrogens (tertiary/aromatic N) is 2. The minimum atomic E-state index is -0.622. The van der Waals surface area contributed by atoms with Gasteiger partial charge in [-0.3, -0.25) is 0 Å². The second-order valence-corrected chi connectivity index (χ2v) is 19.7. The van der Waals surface area contributed by atoms with Gasteiger partial charge < -0.3 is 9.47 Å². The summed E-state index contributed by atoms with van der Waals surface area (Å²) >= 11 is 0. The average Bonchev–Trinajstić information content (AvgIpc) is 3.99. The molecule has 70 heavy (non-hydrogen) atoms.